The molecular weight excluding hydrogens is 322 g/mol. The second-order valence-electron chi connectivity index (χ2n) is 6.64. The molecule has 0 aromatic heterocycles. The van der Waals surface area contributed by atoms with Gasteiger partial charge in [0.25, 0.3) is 0 Å². The van der Waals surface area contributed by atoms with E-state index in [-0.39, 0.29) is 12.5 Å². The van der Waals surface area contributed by atoms with E-state index in [0.29, 0.717) is 11.9 Å². The van der Waals surface area contributed by atoms with Crippen LogP contribution in [0.2, 0.25) is 0 Å². The quantitative estimate of drug-likeness (QED) is 0.298. The van der Waals surface area contributed by atoms with Gasteiger partial charge in [0, 0.05) is 66.5 Å². The summed E-state index contributed by atoms with van der Waals surface area (Å²) in [6.07, 6.45) is 2.09. The van der Waals surface area contributed by atoms with Gasteiger partial charge in [0.15, 0.2) is 5.96 Å². The third-order valence-corrected chi connectivity index (χ3v) is 4.13. The molecule has 0 spiro atoms. The number of hydrogen-bond acceptors (Lipinski definition) is 5. The largest absolute Gasteiger partial charge is 0.385 e. The predicted octanol–water partition coefficient (Wildman–Crippen LogP) is -0.385. The molecule has 1 amide bonds. The molecule has 1 aliphatic heterocycles. The second kappa shape index (κ2) is 12.9. The summed E-state index contributed by atoms with van der Waals surface area (Å²) in [5, 5.41) is 6.65. The Labute approximate surface area is 151 Å². The van der Waals surface area contributed by atoms with Crippen molar-refractivity contribution in [1.29, 1.82) is 0 Å². The van der Waals surface area contributed by atoms with Gasteiger partial charge in [-0.2, -0.15) is 0 Å². The van der Waals surface area contributed by atoms with Crippen LogP contribution in [0.15, 0.2) is 4.99 Å². The second-order valence-corrected chi connectivity index (χ2v) is 6.64. The van der Waals surface area contributed by atoms with Gasteiger partial charge in [-0.15, -0.1) is 0 Å². The lowest BCUT2D eigenvalue weighted by molar-refractivity contribution is -0.127. The number of rotatable bonds is 11. The van der Waals surface area contributed by atoms with Crippen LogP contribution in [-0.4, -0.2) is 102 Å². The number of methoxy groups -OCH3 is 1. The molecule has 146 valence electrons. The van der Waals surface area contributed by atoms with Crippen LogP contribution >= 0.6 is 0 Å². The third-order valence-electron chi connectivity index (χ3n) is 4.13. The van der Waals surface area contributed by atoms with Crippen LogP contribution in [0.5, 0.6) is 0 Å². The standard InChI is InChI=1S/C17H35N5O3/c1-21(2)16(23)13-20-17(19-12-15-6-11-25-14-15)18-7-9-22(3)8-5-10-24-4/h15H,5-14H2,1-4H3,(H2,18,19,20). The fourth-order valence-corrected chi connectivity index (χ4v) is 2.40. The molecule has 8 nitrogen and oxygen atoms in total. The Hall–Kier alpha value is -1.38. The number of guanidine groups is 1. The van der Waals surface area contributed by atoms with Crippen LogP contribution in [0.3, 0.4) is 0 Å². The van der Waals surface area contributed by atoms with Crippen LogP contribution < -0.4 is 10.6 Å². The molecule has 0 aromatic carbocycles. The normalized spacial score (nSPS) is 17.8. The number of carbonyl (C=O) groups excluding carboxylic acids is 1. The molecule has 1 atom stereocenters. The fraction of sp³-hybridized carbons (Fsp3) is 0.882. The molecule has 1 heterocycles. The number of amides is 1. The SMILES string of the molecule is COCCCN(C)CCNC(=NCC(=O)N(C)C)NCC1CCOC1. The van der Waals surface area contributed by atoms with Crippen LogP contribution in [0.4, 0.5) is 0 Å². The van der Waals surface area contributed by atoms with Crippen molar-refractivity contribution in [3.63, 3.8) is 0 Å². The van der Waals surface area contributed by atoms with E-state index in [4.69, 9.17) is 9.47 Å². The number of likely N-dealkylation sites (N-methyl/N-ethyl adjacent to an activating group) is 2. The lowest BCUT2D eigenvalue weighted by atomic mass is 10.1. The van der Waals surface area contributed by atoms with Crippen LogP contribution in [0.25, 0.3) is 0 Å². The topological polar surface area (TPSA) is 78.4 Å². The molecule has 25 heavy (non-hydrogen) atoms. The van der Waals surface area contributed by atoms with Gasteiger partial charge >= 0.3 is 0 Å². The highest BCUT2D eigenvalue weighted by Gasteiger charge is 2.16. The summed E-state index contributed by atoms with van der Waals surface area (Å²) in [6.45, 7) is 6.02. The van der Waals surface area contributed by atoms with Gasteiger partial charge < -0.3 is 29.9 Å². The first-order chi connectivity index (χ1) is 12.0. The fourth-order valence-electron chi connectivity index (χ4n) is 2.40. The van der Waals surface area contributed by atoms with Crippen molar-refractivity contribution in [2.75, 3.05) is 80.8 Å². The molecule has 1 unspecified atom stereocenters. The number of aliphatic imine (C=N–C) groups is 1. The lowest BCUT2D eigenvalue weighted by Crippen LogP contribution is -2.43. The van der Waals surface area contributed by atoms with E-state index in [1.807, 2.05) is 0 Å². The first-order valence-electron chi connectivity index (χ1n) is 9.00. The highest BCUT2D eigenvalue weighted by atomic mass is 16.5. The summed E-state index contributed by atoms with van der Waals surface area (Å²) in [6, 6.07) is 0. The van der Waals surface area contributed by atoms with Crippen molar-refractivity contribution in [1.82, 2.24) is 20.4 Å². The molecule has 2 N–H and O–H groups in total. The van der Waals surface area contributed by atoms with Gasteiger partial charge in [0.1, 0.15) is 6.54 Å². The number of ether oxygens (including phenoxy) is 2. The molecule has 0 radical (unpaired) electrons. The predicted molar refractivity (Wildman–Crippen MR) is 99.9 cm³/mol. The lowest BCUT2D eigenvalue weighted by Gasteiger charge is -2.19. The Morgan fingerprint density at radius 3 is 2.72 bits per heavy atom. The van der Waals surface area contributed by atoms with E-state index in [9.17, 15) is 4.79 Å². The summed E-state index contributed by atoms with van der Waals surface area (Å²) in [5.41, 5.74) is 0. The smallest absolute Gasteiger partial charge is 0.243 e. The van der Waals surface area contributed by atoms with Crippen molar-refractivity contribution < 1.29 is 14.3 Å². The average Bonchev–Trinajstić information content (AvgIpc) is 3.10. The van der Waals surface area contributed by atoms with Crippen molar-refractivity contribution in [3.05, 3.63) is 0 Å². The van der Waals surface area contributed by atoms with E-state index in [0.717, 1.165) is 58.8 Å². The van der Waals surface area contributed by atoms with E-state index < -0.39 is 0 Å². The molecule has 1 saturated heterocycles. The summed E-state index contributed by atoms with van der Waals surface area (Å²) in [7, 11) is 7.29. The van der Waals surface area contributed by atoms with E-state index in [1.54, 1.807) is 26.1 Å². The Morgan fingerprint density at radius 2 is 2.08 bits per heavy atom. The number of nitrogens with one attached hydrogen (secondary N) is 2. The van der Waals surface area contributed by atoms with Gasteiger partial charge in [-0.3, -0.25) is 4.79 Å². The van der Waals surface area contributed by atoms with Crippen LogP contribution in [0, 0.1) is 5.92 Å². The first kappa shape index (κ1) is 21.7. The molecule has 8 heteroatoms. The molecule has 0 aliphatic carbocycles. The van der Waals surface area contributed by atoms with Crippen LogP contribution in [0.1, 0.15) is 12.8 Å². The minimum absolute atomic E-state index is 0.0121. The van der Waals surface area contributed by atoms with Crippen molar-refractivity contribution >= 4 is 11.9 Å². The van der Waals surface area contributed by atoms with Crippen molar-refractivity contribution in [2.45, 2.75) is 12.8 Å². The number of hydrogen-bond donors (Lipinski definition) is 2. The molecule has 0 saturated carbocycles. The van der Waals surface area contributed by atoms with Gasteiger partial charge in [0.2, 0.25) is 5.91 Å². The maximum absolute atomic E-state index is 11.8. The summed E-state index contributed by atoms with van der Waals surface area (Å²) in [4.78, 5) is 20.0. The summed E-state index contributed by atoms with van der Waals surface area (Å²) in [5.74, 6) is 1.18. The van der Waals surface area contributed by atoms with E-state index in [1.165, 1.54) is 0 Å². The minimum Gasteiger partial charge on any atom is -0.385 e. The van der Waals surface area contributed by atoms with Gasteiger partial charge in [-0.05, 0) is 19.9 Å². The van der Waals surface area contributed by atoms with Crippen molar-refractivity contribution in [2.24, 2.45) is 10.9 Å². The zero-order valence-electron chi connectivity index (χ0n) is 16.2. The molecule has 1 aliphatic rings. The highest BCUT2D eigenvalue weighted by molar-refractivity contribution is 5.84. The van der Waals surface area contributed by atoms with Gasteiger partial charge in [0.05, 0.1) is 6.61 Å². The Kier molecular flexibility index (Phi) is 11.2. The Balaban J connectivity index is 2.37. The zero-order valence-corrected chi connectivity index (χ0v) is 16.2. The Bertz CT molecular complexity index is 398. The highest BCUT2D eigenvalue weighted by Crippen LogP contribution is 2.10. The average molecular weight is 357 g/mol. The molecular formula is C17H35N5O3. The maximum Gasteiger partial charge on any atom is 0.243 e. The summed E-state index contributed by atoms with van der Waals surface area (Å²) >= 11 is 0. The van der Waals surface area contributed by atoms with Gasteiger partial charge in [-0.25, -0.2) is 4.99 Å². The maximum atomic E-state index is 11.8. The zero-order chi connectivity index (χ0) is 18.5. The third kappa shape index (κ3) is 10.3. The van der Waals surface area contributed by atoms with E-state index >= 15 is 0 Å². The number of nitrogens with zero attached hydrogens (tertiary/aromatic N) is 3. The van der Waals surface area contributed by atoms with Crippen LogP contribution in [-0.2, 0) is 14.3 Å². The molecule has 0 aromatic rings. The molecule has 1 rings (SSSR count). The monoisotopic (exact) mass is 357 g/mol. The molecule has 1 fully saturated rings. The Morgan fingerprint density at radius 1 is 1.28 bits per heavy atom. The summed E-state index contributed by atoms with van der Waals surface area (Å²) < 4.78 is 10.5. The number of carbonyl (C=O) groups is 1. The van der Waals surface area contributed by atoms with E-state index in [2.05, 4.69) is 27.6 Å². The van der Waals surface area contributed by atoms with Crippen molar-refractivity contribution in [3.8, 4) is 0 Å². The molecule has 0 bridgehead atoms. The van der Waals surface area contributed by atoms with Gasteiger partial charge in [-0.1, -0.05) is 0 Å². The first-order valence-corrected chi connectivity index (χ1v) is 9.00. The minimum atomic E-state index is -0.0121.